The summed E-state index contributed by atoms with van der Waals surface area (Å²) in [6.07, 6.45) is 4.20. The second-order valence-corrected chi connectivity index (χ2v) is 8.04. The number of hydrogen-bond donors (Lipinski definition) is 1. The number of rotatable bonds is 9. The van der Waals surface area contributed by atoms with E-state index in [9.17, 15) is 4.79 Å². The monoisotopic (exact) mass is 388 g/mol. The summed E-state index contributed by atoms with van der Waals surface area (Å²) < 4.78 is 11.6. The molecule has 1 N–H and O–H groups in total. The van der Waals surface area contributed by atoms with Crippen molar-refractivity contribution in [2.75, 3.05) is 7.11 Å². The van der Waals surface area contributed by atoms with Crippen LogP contribution in [0.5, 0.6) is 11.5 Å². The maximum absolute atomic E-state index is 12.7. The second kappa shape index (κ2) is 7.86. The number of thiazole rings is 1. The predicted molar refractivity (Wildman–Crippen MR) is 102 cm³/mol. The molecule has 0 atom stereocenters. The van der Waals surface area contributed by atoms with Gasteiger partial charge in [-0.15, -0.1) is 11.3 Å². The largest absolute Gasteiger partial charge is 0.493 e. The first-order valence-corrected chi connectivity index (χ1v) is 10.2. The number of carbonyl (C=O) groups excluding carboxylic acids is 1. The Morgan fingerprint density at radius 3 is 2.78 bits per heavy atom. The van der Waals surface area contributed by atoms with Gasteiger partial charge in [0.1, 0.15) is 11.6 Å². The number of methoxy groups -OCH3 is 1. The van der Waals surface area contributed by atoms with Gasteiger partial charge in [0, 0.05) is 29.4 Å². The van der Waals surface area contributed by atoms with E-state index in [1.807, 2.05) is 28.5 Å². The predicted octanol–water partition coefficient (Wildman–Crippen LogP) is 3.12. The summed E-state index contributed by atoms with van der Waals surface area (Å²) in [4.78, 5) is 19.0. The zero-order chi connectivity index (χ0) is 18.8. The Bertz CT molecular complexity index is 814. The fourth-order valence-corrected chi connectivity index (χ4v) is 3.85. The fourth-order valence-electron chi connectivity index (χ4n) is 3.15. The molecule has 0 radical (unpaired) electrons. The third kappa shape index (κ3) is 4.25. The molecule has 27 heavy (non-hydrogen) atoms. The SMILES string of the molecule is COc1cccc(CN(C(=O)C2CC2)C2CC2)c1OCc1nc(CO)cs1. The van der Waals surface area contributed by atoms with Gasteiger partial charge in [-0.3, -0.25) is 4.79 Å². The Kier molecular flexibility index (Phi) is 5.31. The van der Waals surface area contributed by atoms with Crippen molar-refractivity contribution in [3.8, 4) is 11.5 Å². The maximum Gasteiger partial charge on any atom is 0.226 e. The van der Waals surface area contributed by atoms with Gasteiger partial charge in [-0.05, 0) is 31.7 Å². The quantitative estimate of drug-likeness (QED) is 0.715. The third-order valence-electron chi connectivity index (χ3n) is 4.92. The molecule has 2 saturated carbocycles. The van der Waals surface area contributed by atoms with Crippen LogP contribution in [0.4, 0.5) is 0 Å². The molecular weight excluding hydrogens is 364 g/mol. The highest BCUT2D eigenvalue weighted by atomic mass is 32.1. The lowest BCUT2D eigenvalue weighted by molar-refractivity contribution is -0.133. The molecule has 7 heteroatoms. The van der Waals surface area contributed by atoms with E-state index in [-0.39, 0.29) is 18.4 Å². The number of aliphatic hydroxyl groups excluding tert-OH is 1. The molecule has 4 rings (SSSR count). The molecule has 2 aliphatic carbocycles. The number of aliphatic hydroxyl groups is 1. The fraction of sp³-hybridized carbons (Fsp3) is 0.500. The van der Waals surface area contributed by atoms with Crippen molar-refractivity contribution >= 4 is 17.2 Å². The number of hydrogen-bond acceptors (Lipinski definition) is 6. The number of carbonyl (C=O) groups is 1. The van der Waals surface area contributed by atoms with Crippen molar-refractivity contribution in [3.63, 3.8) is 0 Å². The Morgan fingerprint density at radius 2 is 2.15 bits per heavy atom. The van der Waals surface area contributed by atoms with Crippen LogP contribution in [0.2, 0.25) is 0 Å². The van der Waals surface area contributed by atoms with Crippen molar-refractivity contribution in [3.05, 3.63) is 39.8 Å². The average Bonchev–Trinajstić information content (AvgIpc) is 3.62. The molecule has 144 valence electrons. The number of nitrogens with zero attached hydrogens (tertiary/aromatic N) is 2. The van der Waals surface area contributed by atoms with Gasteiger partial charge >= 0.3 is 0 Å². The summed E-state index contributed by atoms with van der Waals surface area (Å²) in [5, 5.41) is 11.8. The van der Waals surface area contributed by atoms with Gasteiger partial charge < -0.3 is 19.5 Å². The first kappa shape index (κ1) is 18.3. The molecule has 0 aliphatic heterocycles. The van der Waals surface area contributed by atoms with Crippen LogP contribution in [-0.2, 0) is 24.6 Å². The smallest absolute Gasteiger partial charge is 0.226 e. The number of aromatic nitrogens is 1. The molecule has 1 aromatic heterocycles. The molecule has 1 amide bonds. The summed E-state index contributed by atoms with van der Waals surface area (Å²) in [7, 11) is 1.62. The number of ether oxygens (including phenoxy) is 2. The van der Waals surface area contributed by atoms with E-state index in [4.69, 9.17) is 14.6 Å². The molecular formula is C20H24N2O4S. The summed E-state index contributed by atoms with van der Waals surface area (Å²) in [6, 6.07) is 6.16. The lowest BCUT2D eigenvalue weighted by atomic mass is 10.1. The minimum atomic E-state index is -0.0734. The van der Waals surface area contributed by atoms with Crippen molar-refractivity contribution in [1.29, 1.82) is 0 Å². The lowest BCUT2D eigenvalue weighted by Gasteiger charge is -2.24. The van der Waals surface area contributed by atoms with E-state index >= 15 is 0 Å². The summed E-state index contributed by atoms with van der Waals surface area (Å²) in [6.45, 7) is 0.778. The number of amides is 1. The van der Waals surface area contributed by atoms with Crippen LogP contribution in [0.15, 0.2) is 23.6 Å². The lowest BCUT2D eigenvalue weighted by Crippen LogP contribution is -2.33. The van der Waals surface area contributed by atoms with Crippen molar-refractivity contribution in [2.24, 2.45) is 5.92 Å². The standard InChI is InChI=1S/C20H24N2O4S/c1-25-17-4-2-3-14(9-22(16-7-8-16)20(24)13-5-6-13)19(17)26-11-18-21-15(10-23)12-27-18/h2-4,12-13,16,23H,5-11H2,1H3. The summed E-state index contributed by atoms with van der Waals surface area (Å²) in [5.41, 5.74) is 1.60. The van der Waals surface area contributed by atoms with Crippen molar-refractivity contribution in [1.82, 2.24) is 9.88 Å². The van der Waals surface area contributed by atoms with Crippen LogP contribution < -0.4 is 9.47 Å². The van der Waals surface area contributed by atoms with Crippen LogP contribution in [0.3, 0.4) is 0 Å². The molecule has 6 nitrogen and oxygen atoms in total. The molecule has 2 fully saturated rings. The van der Waals surface area contributed by atoms with Gasteiger partial charge in [-0.2, -0.15) is 0 Å². The highest BCUT2D eigenvalue weighted by Crippen LogP contribution is 2.39. The average molecular weight is 388 g/mol. The van der Waals surface area contributed by atoms with E-state index < -0.39 is 0 Å². The normalized spacial score (nSPS) is 16.2. The van der Waals surface area contributed by atoms with Gasteiger partial charge in [0.15, 0.2) is 11.5 Å². The van der Waals surface area contributed by atoms with Crippen LogP contribution in [-0.4, -0.2) is 34.0 Å². The highest BCUT2D eigenvalue weighted by Gasteiger charge is 2.40. The van der Waals surface area contributed by atoms with Crippen LogP contribution in [0, 0.1) is 5.92 Å². The molecule has 1 aromatic carbocycles. The minimum Gasteiger partial charge on any atom is -0.493 e. The van der Waals surface area contributed by atoms with Gasteiger partial charge in [0.05, 0.1) is 19.4 Å². The van der Waals surface area contributed by atoms with E-state index in [1.165, 1.54) is 11.3 Å². The Balaban J connectivity index is 1.53. The van der Waals surface area contributed by atoms with E-state index in [2.05, 4.69) is 4.98 Å². The molecule has 0 spiro atoms. The van der Waals surface area contributed by atoms with Gasteiger partial charge in [-0.25, -0.2) is 4.98 Å². The molecule has 0 bridgehead atoms. The van der Waals surface area contributed by atoms with E-state index in [0.29, 0.717) is 36.4 Å². The molecule has 2 aliphatic rings. The Morgan fingerprint density at radius 1 is 1.33 bits per heavy atom. The summed E-state index contributed by atoms with van der Waals surface area (Å²) >= 11 is 1.46. The zero-order valence-electron chi connectivity index (χ0n) is 15.4. The summed E-state index contributed by atoms with van der Waals surface area (Å²) in [5.74, 6) is 1.81. The molecule has 1 heterocycles. The van der Waals surface area contributed by atoms with E-state index in [1.54, 1.807) is 7.11 Å². The van der Waals surface area contributed by atoms with Crippen LogP contribution in [0.25, 0.3) is 0 Å². The highest BCUT2D eigenvalue weighted by molar-refractivity contribution is 7.09. The maximum atomic E-state index is 12.7. The first-order valence-electron chi connectivity index (χ1n) is 9.33. The zero-order valence-corrected chi connectivity index (χ0v) is 16.2. The van der Waals surface area contributed by atoms with Gasteiger partial charge in [-0.1, -0.05) is 12.1 Å². The molecule has 0 saturated heterocycles. The Hall–Kier alpha value is -2.12. The number of para-hydroxylation sites is 1. The molecule has 0 unspecified atom stereocenters. The minimum absolute atomic E-state index is 0.0734. The Labute approximate surface area is 162 Å². The van der Waals surface area contributed by atoms with Crippen molar-refractivity contribution in [2.45, 2.75) is 51.5 Å². The van der Waals surface area contributed by atoms with Crippen LogP contribution >= 0.6 is 11.3 Å². The second-order valence-electron chi connectivity index (χ2n) is 7.10. The first-order chi connectivity index (χ1) is 13.2. The van der Waals surface area contributed by atoms with Gasteiger partial charge in [0.2, 0.25) is 5.91 Å². The van der Waals surface area contributed by atoms with E-state index in [0.717, 1.165) is 36.3 Å². The van der Waals surface area contributed by atoms with Crippen molar-refractivity contribution < 1.29 is 19.4 Å². The third-order valence-corrected chi connectivity index (χ3v) is 5.79. The van der Waals surface area contributed by atoms with Gasteiger partial charge in [0.25, 0.3) is 0 Å². The molecule has 2 aromatic rings. The van der Waals surface area contributed by atoms with Crippen LogP contribution in [0.1, 0.15) is 41.9 Å². The number of benzene rings is 1. The topological polar surface area (TPSA) is 71.9 Å².